The van der Waals surface area contributed by atoms with Crippen molar-refractivity contribution in [1.82, 2.24) is 20.6 Å². The van der Waals surface area contributed by atoms with E-state index in [0.717, 1.165) is 19.3 Å². The monoisotopic (exact) mass is 326 g/mol. The fourth-order valence-electron chi connectivity index (χ4n) is 1.47. The van der Waals surface area contributed by atoms with E-state index in [0.29, 0.717) is 19.1 Å². The Morgan fingerprint density at radius 3 is 2.86 bits per heavy atom. The largest absolute Gasteiger partial charge is 0.371 e. The fraction of sp³-hybridized carbons (Fsp3) is 0.462. The van der Waals surface area contributed by atoms with E-state index >= 15 is 0 Å². The molecule has 2 amide bonds. The molecule has 0 spiro atoms. The molecular weight excluding hydrogens is 308 g/mol. The first-order valence-corrected chi connectivity index (χ1v) is 7.32. The zero-order chi connectivity index (χ0) is 16.2. The number of carbonyl (C=O) groups is 1. The van der Waals surface area contributed by atoms with Gasteiger partial charge in [-0.2, -0.15) is 12.6 Å². The Bertz CT molecular complexity index is 644. The van der Waals surface area contributed by atoms with Crippen LogP contribution < -0.4 is 21.9 Å². The number of unbranched alkanes of at least 4 members (excludes halogenated alkanes) is 2. The van der Waals surface area contributed by atoms with E-state index in [9.17, 15) is 14.4 Å². The quantitative estimate of drug-likeness (QED) is 0.156. The molecule has 22 heavy (non-hydrogen) atoms. The number of rotatable bonds is 7. The first kappa shape index (κ1) is 17.9. The van der Waals surface area contributed by atoms with Gasteiger partial charge < -0.3 is 15.0 Å². The maximum absolute atomic E-state index is 11.4. The van der Waals surface area contributed by atoms with Crippen molar-refractivity contribution in [2.24, 2.45) is 0 Å². The minimum atomic E-state index is -0.610. The lowest BCUT2D eigenvalue weighted by atomic mass is 10.2. The molecule has 120 valence electrons. The van der Waals surface area contributed by atoms with Gasteiger partial charge in [0.25, 0.3) is 5.56 Å². The van der Waals surface area contributed by atoms with Crippen LogP contribution in [-0.4, -0.2) is 35.1 Å². The molecule has 0 bridgehead atoms. The van der Waals surface area contributed by atoms with Crippen molar-refractivity contribution in [3.8, 4) is 12.0 Å². The summed E-state index contributed by atoms with van der Waals surface area (Å²) in [6.07, 6.45) is 3.86. The van der Waals surface area contributed by atoms with Crippen molar-refractivity contribution in [2.75, 3.05) is 19.1 Å². The lowest BCUT2D eigenvalue weighted by molar-refractivity contribution is 0.178. The summed E-state index contributed by atoms with van der Waals surface area (Å²) in [6.45, 7) is 1.18. The maximum atomic E-state index is 11.4. The lowest BCUT2D eigenvalue weighted by Crippen LogP contribution is -2.33. The van der Waals surface area contributed by atoms with Gasteiger partial charge in [-0.1, -0.05) is 0 Å². The van der Waals surface area contributed by atoms with Crippen LogP contribution in [0.15, 0.2) is 15.8 Å². The number of hydrogen-bond donors (Lipinski definition) is 5. The van der Waals surface area contributed by atoms with Crippen molar-refractivity contribution in [3.05, 3.63) is 32.6 Å². The van der Waals surface area contributed by atoms with Crippen molar-refractivity contribution in [2.45, 2.75) is 19.3 Å². The second kappa shape index (κ2) is 10.5. The first-order valence-electron chi connectivity index (χ1n) is 6.69. The van der Waals surface area contributed by atoms with Crippen molar-refractivity contribution < 1.29 is 9.53 Å². The normalized spacial score (nSPS) is 9.68. The van der Waals surface area contributed by atoms with E-state index in [1.807, 2.05) is 4.98 Å². The fourth-order valence-corrected chi connectivity index (χ4v) is 1.60. The van der Waals surface area contributed by atoms with E-state index in [-0.39, 0.29) is 5.56 Å². The second-order valence-electron chi connectivity index (χ2n) is 4.21. The zero-order valence-electron chi connectivity index (χ0n) is 11.9. The minimum Gasteiger partial charge on any atom is -0.371 e. The molecule has 1 rings (SSSR count). The number of aromatic amines is 2. The number of amides is 2. The standard InChI is InChI=1S/C13H18N4O4S/c18-11-10(8-16-13(20)17-11)4-6-15-12(19)14-5-2-1-3-7-21-9-22/h8,22H,1-3,5,7,9H2,(H2,14,15,19)(H2,16,17,18,20). The van der Waals surface area contributed by atoms with Crippen LogP contribution >= 0.6 is 12.6 Å². The maximum Gasteiger partial charge on any atom is 0.326 e. The average molecular weight is 326 g/mol. The number of carbonyl (C=O) groups excluding carboxylic acids is 1. The lowest BCUT2D eigenvalue weighted by Gasteiger charge is -2.03. The Morgan fingerprint density at radius 1 is 1.32 bits per heavy atom. The summed E-state index contributed by atoms with van der Waals surface area (Å²) >= 11 is 3.92. The SMILES string of the molecule is O=C(NC#Cc1c[nH]c(=O)[nH]c1=O)NCCCCCOCS. The van der Waals surface area contributed by atoms with Crippen LogP contribution in [0.1, 0.15) is 24.8 Å². The second-order valence-corrected chi connectivity index (χ2v) is 4.47. The van der Waals surface area contributed by atoms with Gasteiger partial charge in [-0.15, -0.1) is 0 Å². The molecule has 0 saturated carbocycles. The van der Waals surface area contributed by atoms with Gasteiger partial charge in [0.1, 0.15) is 5.56 Å². The third-order valence-corrected chi connectivity index (χ3v) is 2.72. The molecule has 9 heteroatoms. The predicted molar refractivity (Wildman–Crippen MR) is 84.8 cm³/mol. The Hall–Kier alpha value is -2.18. The molecule has 4 N–H and O–H groups in total. The molecule has 0 unspecified atom stereocenters. The van der Waals surface area contributed by atoms with E-state index in [4.69, 9.17) is 4.74 Å². The van der Waals surface area contributed by atoms with E-state index < -0.39 is 17.3 Å². The van der Waals surface area contributed by atoms with Crippen molar-refractivity contribution in [3.63, 3.8) is 0 Å². The molecule has 0 fully saturated rings. The summed E-state index contributed by atoms with van der Waals surface area (Å²) in [5.74, 6) is 2.85. The van der Waals surface area contributed by atoms with Crippen LogP contribution in [0.3, 0.4) is 0 Å². The van der Waals surface area contributed by atoms with Crippen LogP contribution in [-0.2, 0) is 4.74 Å². The Morgan fingerprint density at radius 2 is 2.14 bits per heavy atom. The van der Waals surface area contributed by atoms with E-state index in [2.05, 4.69) is 40.2 Å². The van der Waals surface area contributed by atoms with Gasteiger partial charge in [-0.05, 0) is 25.2 Å². The molecule has 0 radical (unpaired) electrons. The van der Waals surface area contributed by atoms with Crippen LogP contribution in [0.25, 0.3) is 0 Å². The van der Waals surface area contributed by atoms with Crippen molar-refractivity contribution >= 4 is 18.7 Å². The van der Waals surface area contributed by atoms with Gasteiger partial charge in [0, 0.05) is 25.4 Å². The molecule has 8 nitrogen and oxygen atoms in total. The molecule has 1 heterocycles. The zero-order valence-corrected chi connectivity index (χ0v) is 12.8. The van der Waals surface area contributed by atoms with Gasteiger partial charge in [-0.25, -0.2) is 9.59 Å². The third-order valence-electron chi connectivity index (χ3n) is 2.53. The highest BCUT2D eigenvalue weighted by Gasteiger charge is 1.97. The predicted octanol–water partition coefficient (Wildman–Crippen LogP) is -0.254. The number of urea groups is 1. The summed E-state index contributed by atoms with van der Waals surface area (Å²) in [4.78, 5) is 37.8. The molecule has 0 aliphatic heterocycles. The number of hydrogen-bond acceptors (Lipinski definition) is 5. The first-order chi connectivity index (χ1) is 10.6. The number of ether oxygens (including phenoxy) is 1. The number of aromatic nitrogens is 2. The van der Waals surface area contributed by atoms with Gasteiger partial charge in [-0.3, -0.25) is 15.1 Å². The topological polar surface area (TPSA) is 116 Å². The highest BCUT2D eigenvalue weighted by Crippen LogP contribution is 1.95. The smallest absolute Gasteiger partial charge is 0.326 e. The number of nitrogens with one attached hydrogen (secondary N) is 4. The molecule has 1 aromatic rings. The summed E-state index contributed by atoms with van der Waals surface area (Å²) < 4.78 is 5.07. The molecule has 0 aliphatic rings. The molecular formula is C13H18N4O4S. The van der Waals surface area contributed by atoms with E-state index in [1.54, 1.807) is 0 Å². The number of thiol groups is 1. The van der Waals surface area contributed by atoms with Gasteiger partial charge in [0.05, 0.1) is 5.94 Å². The Kier molecular flexibility index (Phi) is 8.56. The van der Waals surface area contributed by atoms with Gasteiger partial charge >= 0.3 is 11.7 Å². The third kappa shape index (κ3) is 7.56. The van der Waals surface area contributed by atoms with Crippen LogP contribution in [0.4, 0.5) is 4.79 Å². The van der Waals surface area contributed by atoms with Crippen LogP contribution in [0, 0.1) is 12.0 Å². The Labute approximate surface area is 132 Å². The summed E-state index contributed by atoms with van der Waals surface area (Å²) in [5, 5.41) is 4.92. The van der Waals surface area contributed by atoms with Gasteiger partial charge in [0.15, 0.2) is 0 Å². The molecule has 0 saturated heterocycles. The average Bonchev–Trinajstić information content (AvgIpc) is 2.48. The van der Waals surface area contributed by atoms with Crippen molar-refractivity contribution in [1.29, 1.82) is 0 Å². The molecule has 0 aliphatic carbocycles. The number of H-pyrrole nitrogens is 2. The highest BCUT2D eigenvalue weighted by atomic mass is 32.1. The Balaban J connectivity index is 2.22. The molecule has 0 atom stereocenters. The van der Waals surface area contributed by atoms with Crippen LogP contribution in [0.5, 0.6) is 0 Å². The molecule has 1 aromatic heterocycles. The molecule has 0 aromatic carbocycles. The summed E-state index contributed by atoms with van der Waals surface area (Å²) in [7, 11) is 0. The van der Waals surface area contributed by atoms with E-state index in [1.165, 1.54) is 6.20 Å². The van der Waals surface area contributed by atoms with Crippen LogP contribution in [0.2, 0.25) is 0 Å². The minimum absolute atomic E-state index is 0.0593. The van der Waals surface area contributed by atoms with Gasteiger partial charge in [0.2, 0.25) is 0 Å². The highest BCUT2D eigenvalue weighted by molar-refractivity contribution is 7.80. The summed E-state index contributed by atoms with van der Waals surface area (Å²) in [5.41, 5.74) is -1.16. The summed E-state index contributed by atoms with van der Waals surface area (Å²) in [6, 6.07) is 1.90.